The summed E-state index contributed by atoms with van der Waals surface area (Å²) in [6, 6.07) is 6.06. The molecule has 2 heterocycles. The average Bonchev–Trinajstić information content (AvgIpc) is 3.20. The van der Waals surface area contributed by atoms with E-state index >= 15 is 0 Å². The molecule has 0 aliphatic carbocycles. The molecule has 0 unspecified atom stereocenters. The third kappa shape index (κ3) is 5.94. The molecule has 0 fully saturated rings. The maximum Gasteiger partial charge on any atom is 0.272 e. The van der Waals surface area contributed by atoms with Crippen molar-refractivity contribution in [3.8, 4) is 0 Å². The number of rotatable bonds is 8. The Bertz CT molecular complexity index is 1230. The molecule has 1 aliphatic heterocycles. The van der Waals surface area contributed by atoms with E-state index in [0.29, 0.717) is 42.7 Å². The molecule has 0 spiro atoms. The second kappa shape index (κ2) is 11.5. The molecule has 12 heteroatoms. The summed E-state index contributed by atoms with van der Waals surface area (Å²) in [5.41, 5.74) is 6.15. The first-order chi connectivity index (χ1) is 17.0. The maximum atomic E-state index is 13.1. The molecule has 10 nitrogen and oxygen atoms in total. The molecule has 0 saturated heterocycles. The molecule has 0 atom stereocenters. The minimum absolute atomic E-state index is 0.110. The molecule has 0 radical (unpaired) electrons. The van der Waals surface area contributed by atoms with Gasteiger partial charge in [0.15, 0.2) is 0 Å². The zero-order valence-corrected chi connectivity index (χ0v) is 22.8. The number of thiophene rings is 1. The highest BCUT2D eigenvalue weighted by Crippen LogP contribution is 2.38. The molecule has 1 aromatic carbocycles. The molecular formula is C24H33N5O5S2. The Morgan fingerprint density at radius 3 is 2.25 bits per heavy atom. The van der Waals surface area contributed by atoms with Gasteiger partial charge >= 0.3 is 0 Å². The van der Waals surface area contributed by atoms with Crippen LogP contribution in [-0.4, -0.2) is 61.0 Å². The lowest BCUT2D eigenvalue weighted by Gasteiger charge is -2.30. The lowest BCUT2D eigenvalue weighted by molar-refractivity contribution is -0.119. The number of sulfonamides is 1. The van der Waals surface area contributed by atoms with E-state index in [1.807, 2.05) is 0 Å². The molecule has 1 aliphatic rings. The normalized spacial score (nSPS) is 14.0. The fourth-order valence-electron chi connectivity index (χ4n) is 4.07. The highest BCUT2D eigenvalue weighted by molar-refractivity contribution is 7.89. The fraction of sp³-hybridized carbons (Fsp3) is 0.458. The van der Waals surface area contributed by atoms with Crippen molar-refractivity contribution < 1.29 is 22.8 Å². The predicted octanol–water partition coefficient (Wildman–Crippen LogP) is 2.58. The molecule has 0 saturated carbocycles. The smallest absolute Gasteiger partial charge is 0.272 e. The van der Waals surface area contributed by atoms with Gasteiger partial charge in [-0.1, -0.05) is 13.8 Å². The summed E-state index contributed by atoms with van der Waals surface area (Å²) in [6.07, 6.45) is 0.640. The quantitative estimate of drug-likeness (QED) is 0.446. The first kappa shape index (κ1) is 27.8. The number of fused-ring (bicyclic) bond motifs is 1. The Morgan fingerprint density at radius 2 is 1.69 bits per heavy atom. The summed E-state index contributed by atoms with van der Waals surface area (Å²) >= 11 is 1.34. The SMILES string of the molecule is CCN(CC)S(=O)(=O)c1ccc(C(=O)Nc2sc3c(c2C(=O)NNC(C)=O)CCN(C(C)C)C3)cc1. The highest BCUT2D eigenvalue weighted by Gasteiger charge is 2.30. The molecule has 196 valence electrons. The van der Waals surface area contributed by atoms with E-state index < -0.39 is 27.7 Å². The van der Waals surface area contributed by atoms with Gasteiger partial charge in [-0.2, -0.15) is 4.31 Å². The van der Waals surface area contributed by atoms with E-state index in [1.165, 1.54) is 46.8 Å². The van der Waals surface area contributed by atoms with Gasteiger partial charge in [0.1, 0.15) is 5.00 Å². The Labute approximate surface area is 216 Å². The largest absolute Gasteiger partial charge is 0.313 e. The summed E-state index contributed by atoms with van der Waals surface area (Å²) < 4.78 is 26.8. The van der Waals surface area contributed by atoms with Gasteiger partial charge in [0.2, 0.25) is 15.9 Å². The number of carbonyl (C=O) groups excluding carboxylic acids is 3. The fourth-order valence-corrected chi connectivity index (χ4v) is 6.79. The number of amides is 3. The van der Waals surface area contributed by atoms with Crippen LogP contribution in [0, 0.1) is 0 Å². The Hall–Kier alpha value is -2.80. The minimum Gasteiger partial charge on any atom is -0.313 e. The van der Waals surface area contributed by atoms with Crippen LogP contribution in [0.25, 0.3) is 0 Å². The number of hydrazine groups is 1. The molecule has 36 heavy (non-hydrogen) atoms. The zero-order valence-electron chi connectivity index (χ0n) is 21.2. The maximum absolute atomic E-state index is 13.1. The number of anilines is 1. The van der Waals surface area contributed by atoms with E-state index in [0.717, 1.165) is 17.0 Å². The molecular weight excluding hydrogens is 502 g/mol. The lowest BCUT2D eigenvalue weighted by Crippen LogP contribution is -2.41. The Kier molecular flexibility index (Phi) is 8.88. The van der Waals surface area contributed by atoms with Crippen molar-refractivity contribution in [3.63, 3.8) is 0 Å². The van der Waals surface area contributed by atoms with Crippen molar-refractivity contribution in [3.05, 3.63) is 45.8 Å². The van der Waals surface area contributed by atoms with Gasteiger partial charge in [0.05, 0.1) is 10.5 Å². The molecule has 1 aromatic heterocycles. The monoisotopic (exact) mass is 535 g/mol. The molecule has 2 aromatic rings. The van der Waals surface area contributed by atoms with Crippen molar-refractivity contribution in [2.75, 3.05) is 25.0 Å². The van der Waals surface area contributed by atoms with Crippen LogP contribution in [0.3, 0.4) is 0 Å². The highest BCUT2D eigenvalue weighted by atomic mass is 32.2. The standard InChI is InChI=1S/C24H33N5O5S2/c1-6-29(7-2)36(33,34)18-10-8-17(9-11-18)22(31)25-24-21(23(32)27-26-16(5)30)19-12-13-28(15(3)4)14-20(19)35-24/h8-11,15H,6-7,12-14H2,1-5H3,(H,25,31)(H,26,30)(H,27,32). The second-order valence-electron chi connectivity index (χ2n) is 8.73. The van der Waals surface area contributed by atoms with Crippen molar-refractivity contribution in [1.29, 1.82) is 0 Å². The Morgan fingerprint density at radius 1 is 1.06 bits per heavy atom. The number of hydrogen-bond donors (Lipinski definition) is 3. The van der Waals surface area contributed by atoms with Gasteiger partial charge in [-0.25, -0.2) is 8.42 Å². The van der Waals surface area contributed by atoms with Gasteiger partial charge in [-0.3, -0.25) is 30.1 Å². The van der Waals surface area contributed by atoms with E-state index in [-0.39, 0.29) is 10.5 Å². The van der Waals surface area contributed by atoms with Crippen LogP contribution in [0.4, 0.5) is 5.00 Å². The Balaban J connectivity index is 1.89. The summed E-state index contributed by atoms with van der Waals surface area (Å²) in [5, 5.41) is 3.21. The number of nitrogens with one attached hydrogen (secondary N) is 3. The lowest BCUT2D eigenvalue weighted by atomic mass is 10.0. The van der Waals surface area contributed by atoms with E-state index in [2.05, 4.69) is 34.9 Å². The summed E-state index contributed by atoms with van der Waals surface area (Å²) in [4.78, 5) is 40.7. The van der Waals surface area contributed by atoms with Crippen LogP contribution in [0.2, 0.25) is 0 Å². The van der Waals surface area contributed by atoms with Gasteiger partial charge in [0.25, 0.3) is 11.8 Å². The zero-order chi connectivity index (χ0) is 26.6. The van der Waals surface area contributed by atoms with Crippen LogP contribution in [0.5, 0.6) is 0 Å². The van der Waals surface area contributed by atoms with Crippen LogP contribution < -0.4 is 16.2 Å². The van der Waals surface area contributed by atoms with Crippen LogP contribution in [0.15, 0.2) is 29.2 Å². The van der Waals surface area contributed by atoms with E-state index in [4.69, 9.17) is 0 Å². The first-order valence-electron chi connectivity index (χ1n) is 11.9. The van der Waals surface area contributed by atoms with Crippen molar-refractivity contribution in [1.82, 2.24) is 20.1 Å². The van der Waals surface area contributed by atoms with Crippen molar-refractivity contribution in [2.45, 2.75) is 58.5 Å². The average molecular weight is 536 g/mol. The number of benzene rings is 1. The summed E-state index contributed by atoms with van der Waals surface area (Å²) in [6.45, 7) is 11.2. The predicted molar refractivity (Wildman–Crippen MR) is 139 cm³/mol. The molecule has 3 N–H and O–H groups in total. The minimum atomic E-state index is -3.64. The second-order valence-corrected chi connectivity index (χ2v) is 11.8. The van der Waals surface area contributed by atoms with Crippen LogP contribution >= 0.6 is 11.3 Å². The topological polar surface area (TPSA) is 128 Å². The van der Waals surface area contributed by atoms with Crippen LogP contribution in [0.1, 0.15) is 65.8 Å². The molecule has 3 amide bonds. The molecule has 0 bridgehead atoms. The van der Waals surface area contributed by atoms with Gasteiger partial charge in [-0.15, -0.1) is 11.3 Å². The number of nitrogens with zero attached hydrogens (tertiary/aromatic N) is 2. The van der Waals surface area contributed by atoms with Gasteiger partial charge < -0.3 is 5.32 Å². The summed E-state index contributed by atoms with van der Waals surface area (Å²) in [7, 11) is -3.64. The van der Waals surface area contributed by atoms with Crippen molar-refractivity contribution >= 4 is 44.1 Å². The number of carbonyl (C=O) groups is 3. The summed E-state index contributed by atoms with van der Waals surface area (Å²) in [5.74, 6) is -1.38. The van der Waals surface area contributed by atoms with Crippen LogP contribution in [-0.2, 0) is 27.8 Å². The number of hydrogen-bond acceptors (Lipinski definition) is 7. The van der Waals surface area contributed by atoms with Gasteiger partial charge in [0, 0.05) is 49.6 Å². The third-order valence-electron chi connectivity index (χ3n) is 6.08. The van der Waals surface area contributed by atoms with Gasteiger partial charge in [-0.05, 0) is 50.1 Å². The van der Waals surface area contributed by atoms with E-state index in [1.54, 1.807) is 13.8 Å². The molecule has 3 rings (SSSR count). The van der Waals surface area contributed by atoms with Crippen molar-refractivity contribution in [2.24, 2.45) is 0 Å². The van der Waals surface area contributed by atoms with E-state index in [9.17, 15) is 22.8 Å². The first-order valence-corrected chi connectivity index (χ1v) is 14.1. The third-order valence-corrected chi connectivity index (χ3v) is 9.28.